The largest absolute Gasteiger partial charge is 0.393 e. The van der Waals surface area contributed by atoms with E-state index < -0.39 is 17.9 Å². The molecule has 2 aliphatic rings. The molecule has 0 aliphatic heterocycles. The highest BCUT2D eigenvalue weighted by atomic mass is 19.3. The number of halogens is 2. The van der Waals surface area contributed by atoms with Crippen molar-refractivity contribution in [3.63, 3.8) is 0 Å². The predicted octanol–water partition coefficient (Wildman–Crippen LogP) is 1.41. The fraction of sp³-hybridized carbons (Fsp3) is 1.00. The third-order valence-electron chi connectivity index (χ3n) is 2.79. The SMILES string of the molecule is O[C@H]1C[C@H]2CC1CC2(F)F. The maximum atomic E-state index is 12.7. The standard InChI is InChI=1S/C7H10F2O/c8-7(9)3-4-1-5(7)2-6(4)10/h4-6,10H,1-3H2/t4?,5-,6+/m1/s1. The van der Waals surface area contributed by atoms with E-state index in [1.807, 2.05) is 0 Å². The molecule has 2 fully saturated rings. The first-order chi connectivity index (χ1) is 4.59. The quantitative estimate of drug-likeness (QED) is 0.550. The number of aliphatic hydroxyl groups excluding tert-OH is 1. The molecule has 10 heavy (non-hydrogen) atoms. The van der Waals surface area contributed by atoms with Crippen molar-refractivity contribution in [1.82, 2.24) is 0 Å². The first-order valence-electron chi connectivity index (χ1n) is 3.65. The van der Waals surface area contributed by atoms with E-state index in [1.54, 1.807) is 0 Å². The molecule has 1 nitrogen and oxygen atoms in total. The zero-order valence-corrected chi connectivity index (χ0v) is 5.56. The van der Waals surface area contributed by atoms with Crippen molar-refractivity contribution >= 4 is 0 Å². The molecule has 0 spiro atoms. The molecule has 0 aromatic heterocycles. The lowest BCUT2D eigenvalue weighted by Gasteiger charge is -2.24. The van der Waals surface area contributed by atoms with Crippen molar-refractivity contribution in [2.24, 2.45) is 11.8 Å². The number of hydrogen-bond donors (Lipinski definition) is 1. The van der Waals surface area contributed by atoms with E-state index in [0.717, 1.165) is 0 Å². The second-order valence-electron chi connectivity index (χ2n) is 3.46. The Kier molecular flexibility index (Phi) is 1.11. The third kappa shape index (κ3) is 0.698. The summed E-state index contributed by atoms with van der Waals surface area (Å²) in [6.07, 6.45) is 0.328. The summed E-state index contributed by atoms with van der Waals surface area (Å²) in [4.78, 5) is 0. The highest BCUT2D eigenvalue weighted by Gasteiger charge is 2.56. The van der Waals surface area contributed by atoms with Gasteiger partial charge in [-0.3, -0.25) is 0 Å². The van der Waals surface area contributed by atoms with Gasteiger partial charge in [0.15, 0.2) is 0 Å². The minimum absolute atomic E-state index is 0.0845. The molecule has 0 amide bonds. The van der Waals surface area contributed by atoms with Gasteiger partial charge in [-0.1, -0.05) is 0 Å². The molecule has 58 valence electrons. The Balaban J connectivity index is 2.16. The number of rotatable bonds is 0. The van der Waals surface area contributed by atoms with E-state index >= 15 is 0 Å². The smallest absolute Gasteiger partial charge is 0.251 e. The van der Waals surface area contributed by atoms with Gasteiger partial charge in [0.05, 0.1) is 6.10 Å². The summed E-state index contributed by atoms with van der Waals surface area (Å²) >= 11 is 0. The molecule has 0 saturated heterocycles. The Morgan fingerprint density at radius 2 is 2.00 bits per heavy atom. The summed E-state index contributed by atoms with van der Waals surface area (Å²) in [5.41, 5.74) is 0. The molecule has 1 unspecified atom stereocenters. The van der Waals surface area contributed by atoms with E-state index in [-0.39, 0.29) is 12.3 Å². The molecule has 2 saturated carbocycles. The Hall–Kier alpha value is -0.180. The van der Waals surface area contributed by atoms with Crippen LogP contribution < -0.4 is 0 Å². The zero-order valence-electron chi connectivity index (χ0n) is 5.56. The fourth-order valence-corrected chi connectivity index (χ4v) is 2.18. The van der Waals surface area contributed by atoms with Crippen molar-refractivity contribution in [2.45, 2.75) is 31.3 Å². The Morgan fingerprint density at radius 3 is 2.30 bits per heavy atom. The highest BCUT2D eigenvalue weighted by molar-refractivity contribution is 4.99. The minimum Gasteiger partial charge on any atom is -0.393 e. The van der Waals surface area contributed by atoms with E-state index in [9.17, 15) is 8.78 Å². The van der Waals surface area contributed by atoms with Crippen LogP contribution in [0.1, 0.15) is 19.3 Å². The summed E-state index contributed by atoms with van der Waals surface area (Å²) in [6, 6.07) is 0. The molecular formula is C7H10F2O. The molecular weight excluding hydrogens is 138 g/mol. The van der Waals surface area contributed by atoms with Crippen LogP contribution in [-0.4, -0.2) is 17.1 Å². The van der Waals surface area contributed by atoms with E-state index in [0.29, 0.717) is 12.8 Å². The number of alkyl halides is 2. The number of aliphatic hydroxyl groups is 1. The van der Waals surface area contributed by atoms with Crippen molar-refractivity contribution in [2.75, 3.05) is 0 Å². The van der Waals surface area contributed by atoms with Gasteiger partial charge in [0, 0.05) is 12.3 Å². The molecule has 1 N–H and O–H groups in total. The lowest BCUT2D eigenvalue weighted by Crippen LogP contribution is -2.30. The van der Waals surface area contributed by atoms with Gasteiger partial charge in [-0.25, -0.2) is 8.78 Å². The maximum Gasteiger partial charge on any atom is 0.251 e. The van der Waals surface area contributed by atoms with Crippen LogP contribution in [0.25, 0.3) is 0 Å². The second kappa shape index (κ2) is 1.70. The highest BCUT2D eigenvalue weighted by Crippen LogP contribution is 2.53. The van der Waals surface area contributed by atoms with Gasteiger partial charge in [-0.15, -0.1) is 0 Å². The van der Waals surface area contributed by atoms with Gasteiger partial charge in [0.25, 0.3) is 5.92 Å². The van der Waals surface area contributed by atoms with Crippen molar-refractivity contribution in [1.29, 1.82) is 0 Å². The lowest BCUT2D eigenvalue weighted by atomic mass is 9.94. The Morgan fingerprint density at radius 1 is 1.30 bits per heavy atom. The van der Waals surface area contributed by atoms with Crippen LogP contribution in [0.2, 0.25) is 0 Å². The average Bonchev–Trinajstić information content (AvgIpc) is 2.21. The molecule has 2 aliphatic carbocycles. The Bertz CT molecular complexity index is 156. The summed E-state index contributed by atoms with van der Waals surface area (Å²) < 4.78 is 25.4. The first kappa shape index (κ1) is 6.53. The molecule has 3 heteroatoms. The van der Waals surface area contributed by atoms with E-state index in [4.69, 9.17) is 5.11 Å². The number of fused-ring (bicyclic) bond motifs is 2. The van der Waals surface area contributed by atoms with Crippen LogP contribution in [0, 0.1) is 11.8 Å². The van der Waals surface area contributed by atoms with Crippen LogP contribution in [-0.2, 0) is 0 Å². The van der Waals surface area contributed by atoms with E-state index in [1.165, 1.54) is 0 Å². The van der Waals surface area contributed by atoms with Crippen LogP contribution in [0.5, 0.6) is 0 Å². The zero-order chi connectivity index (χ0) is 7.35. The van der Waals surface area contributed by atoms with Gasteiger partial charge in [-0.05, 0) is 18.8 Å². The number of hydrogen-bond acceptors (Lipinski definition) is 1. The third-order valence-corrected chi connectivity index (χ3v) is 2.79. The summed E-state index contributed by atoms with van der Waals surface area (Å²) in [5.74, 6) is -3.10. The molecule has 0 aromatic rings. The fourth-order valence-electron chi connectivity index (χ4n) is 2.18. The molecule has 0 aromatic carbocycles. The first-order valence-corrected chi connectivity index (χ1v) is 3.65. The minimum atomic E-state index is -2.47. The van der Waals surface area contributed by atoms with Gasteiger partial charge < -0.3 is 5.11 Å². The summed E-state index contributed by atoms with van der Waals surface area (Å²) in [6.45, 7) is 0. The second-order valence-corrected chi connectivity index (χ2v) is 3.46. The average molecular weight is 148 g/mol. The molecule has 3 atom stereocenters. The van der Waals surface area contributed by atoms with Gasteiger partial charge in [-0.2, -0.15) is 0 Å². The van der Waals surface area contributed by atoms with Crippen molar-refractivity contribution in [3.05, 3.63) is 0 Å². The van der Waals surface area contributed by atoms with Crippen LogP contribution in [0.3, 0.4) is 0 Å². The van der Waals surface area contributed by atoms with E-state index in [2.05, 4.69) is 0 Å². The van der Waals surface area contributed by atoms with Crippen LogP contribution >= 0.6 is 0 Å². The molecule has 0 radical (unpaired) electrons. The molecule has 2 bridgehead atoms. The maximum absolute atomic E-state index is 12.7. The topological polar surface area (TPSA) is 20.2 Å². The van der Waals surface area contributed by atoms with Crippen molar-refractivity contribution < 1.29 is 13.9 Å². The monoisotopic (exact) mass is 148 g/mol. The Labute approximate surface area is 58.0 Å². The van der Waals surface area contributed by atoms with Gasteiger partial charge in [0.1, 0.15) is 0 Å². The van der Waals surface area contributed by atoms with Crippen LogP contribution in [0.4, 0.5) is 8.78 Å². The van der Waals surface area contributed by atoms with Crippen molar-refractivity contribution in [3.8, 4) is 0 Å². The van der Waals surface area contributed by atoms with Gasteiger partial charge >= 0.3 is 0 Å². The summed E-state index contributed by atoms with van der Waals surface area (Å²) in [7, 11) is 0. The normalized spacial score (nSPS) is 50.1. The molecule has 2 rings (SSSR count). The van der Waals surface area contributed by atoms with Crippen LogP contribution in [0.15, 0.2) is 0 Å². The summed E-state index contributed by atoms with van der Waals surface area (Å²) in [5, 5.41) is 9.12. The van der Waals surface area contributed by atoms with Gasteiger partial charge in [0.2, 0.25) is 0 Å². The lowest BCUT2D eigenvalue weighted by molar-refractivity contribution is -0.0752. The predicted molar refractivity (Wildman–Crippen MR) is 31.8 cm³/mol. The molecule has 0 heterocycles.